The molecule has 3 aromatic rings. The highest BCUT2D eigenvalue weighted by molar-refractivity contribution is 5.94. The number of para-hydroxylation sites is 1. The Morgan fingerprint density at radius 1 is 1.10 bits per heavy atom. The highest BCUT2D eigenvalue weighted by Crippen LogP contribution is 2.24. The molecule has 0 unspecified atom stereocenters. The lowest BCUT2D eigenvalue weighted by molar-refractivity contribution is -0.148. The quantitative estimate of drug-likeness (QED) is 0.451. The van der Waals surface area contributed by atoms with Crippen LogP contribution < -0.4 is 10.1 Å². The zero-order chi connectivity index (χ0) is 21.7. The first-order valence-electron chi connectivity index (χ1n) is 9.48. The Kier molecular flexibility index (Phi) is 6.51. The molecule has 7 nitrogen and oxygen atoms in total. The first-order valence-corrected chi connectivity index (χ1v) is 9.48. The second kappa shape index (κ2) is 9.26. The molecular formula is C23H23NO6. The number of ether oxygens (including phenoxy) is 2. The maximum Gasteiger partial charge on any atom is 0.310 e. The summed E-state index contributed by atoms with van der Waals surface area (Å²) in [5.41, 5.74) is 1.73. The molecular weight excluding hydrogens is 386 g/mol. The summed E-state index contributed by atoms with van der Waals surface area (Å²) in [5, 5.41) is 3.69. The molecule has 1 aromatic heterocycles. The van der Waals surface area contributed by atoms with Gasteiger partial charge in [0.2, 0.25) is 0 Å². The van der Waals surface area contributed by atoms with Crippen molar-refractivity contribution in [3.8, 4) is 5.75 Å². The lowest BCUT2D eigenvalue weighted by atomic mass is 10.0. The van der Waals surface area contributed by atoms with Crippen molar-refractivity contribution in [2.45, 2.75) is 26.3 Å². The first kappa shape index (κ1) is 21.1. The van der Waals surface area contributed by atoms with Gasteiger partial charge in [-0.1, -0.05) is 18.2 Å². The number of amides is 1. The average Bonchev–Trinajstić information content (AvgIpc) is 3.16. The Bertz CT molecular complexity index is 1050. The topological polar surface area (TPSA) is 94.8 Å². The molecule has 0 aliphatic carbocycles. The summed E-state index contributed by atoms with van der Waals surface area (Å²) in [6.07, 6.45) is -0.114. The molecule has 0 aliphatic heterocycles. The zero-order valence-electron chi connectivity index (χ0n) is 17.1. The normalized spacial score (nSPS) is 11.7. The Balaban J connectivity index is 1.55. The Hall–Kier alpha value is -3.61. The maximum atomic E-state index is 12.2. The summed E-state index contributed by atoms with van der Waals surface area (Å²) >= 11 is 0. The number of rotatable bonds is 8. The summed E-state index contributed by atoms with van der Waals surface area (Å²) in [6, 6.07) is 13.9. The Morgan fingerprint density at radius 2 is 1.87 bits per heavy atom. The summed E-state index contributed by atoms with van der Waals surface area (Å²) in [6.45, 7) is 2.81. The Labute approximate surface area is 174 Å². The molecule has 156 valence electrons. The van der Waals surface area contributed by atoms with Crippen LogP contribution in [0.15, 0.2) is 52.9 Å². The minimum atomic E-state index is -0.597. The van der Waals surface area contributed by atoms with E-state index in [0.29, 0.717) is 22.6 Å². The molecule has 30 heavy (non-hydrogen) atoms. The van der Waals surface area contributed by atoms with Gasteiger partial charge in [0.25, 0.3) is 5.91 Å². The van der Waals surface area contributed by atoms with Crippen LogP contribution in [0.2, 0.25) is 0 Å². The molecule has 0 radical (unpaired) electrons. The van der Waals surface area contributed by atoms with Gasteiger partial charge in [-0.05, 0) is 44.2 Å². The fraction of sp³-hybridized carbons (Fsp3) is 0.261. The van der Waals surface area contributed by atoms with E-state index in [4.69, 9.17) is 13.9 Å². The number of fused-ring (bicyclic) bond motifs is 1. The first-order chi connectivity index (χ1) is 14.4. The average molecular weight is 409 g/mol. The van der Waals surface area contributed by atoms with E-state index in [9.17, 15) is 14.4 Å². The molecule has 2 aromatic carbocycles. The third kappa shape index (κ3) is 5.05. The maximum absolute atomic E-state index is 12.2. The van der Waals surface area contributed by atoms with E-state index in [1.54, 1.807) is 25.1 Å². The van der Waals surface area contributed by atoms with E-state index in [-0.39, 0.29) is 18.2 Å². The number of carbonyl (C=O) groups excluding carboxylic acids is 3. The summed E-state index contributed by atoms with van der Waals surface area (Å²) in [4.78, 5) is 35.9. The molecule has 0 spiro atoms. The van der Waals surface area contributed by atoms with E-state index in [0.717, 1.165) is 11.0 Å². The van der Waals surface area contributed by atoms with E-state index in [2.05, 4.69) is 5.32 Å². The second-order valence-electron chi connectivity index (χ2n) is 6.90. The number of ketones is 1. The third-order valence-corrected chi connectivity index (χ3v) is 4.63. The fourth-order valence-electron chi connectivity index (χ4n) is 3.06. The van der Waals surface area contributed by atoms with Gasteiger partial charge < -0.3 is 19.2 Å². The number of esters is 1. The van der Waals surface area contributed by atoms with Gasteiger partial charge in [-0.25, -0.2) is 0 Å². The molecule has 0 bridgehead atoms. The minimum Gasteiger partial charge on any atom is -0.496 e. The SMILES string of the molecule is COc1ccc(C(C)=O)cc1CC(=O)OCC(=O)N[C@H](C)c1cc2ccccc2o1. The molecule has 1 heterocycles. The summed E-state index contributed by atoms with van der Waals surface area (Å²) in [5.74, 6) is -0.0749. The van der Waals surface area contributed by atoms with Gasteiger partial charge in [0.1, 0.15) is 17.1 Å². The highest BCUT2D eigenvalue weighted by atomic mass is 16.5. The molecule has 0 fully saturated rings. The van der Waals surface area contributed by atoms with Gasteiger partial charge in [0.05, 0.1) is 19.6 Å². The van der Waals surface area contributed by atoms with Gasteiger partial charge in [-0.3, -0.25) is 14.4 Å². The van der Waals surface area contributed by atoms with Crippen LogP contribution in [-0.4, -0.2) is 31.4 Å². The van der Waals surface area contributed by atoms with Crippen molar-refractivity contribution in [2.24, 2.45) is 0 Å². The molecule has 0 saturated carbocycles. The van der Waals surface area contributed by atoms with Crippen LogP contribution >= 0.6 is 0 Å². The third-order valence-electron chi connectivity index (χ3n) is 4.63. The number of carbonyl (C=O) groups is 3. The molecule has 0 aliphatic rings. The van der Waals surface area contributed by atoms with Crippen LogP contribution in [0.5, 0.6) is 5.75 Å². The number of methoxy groups -OCH3 is 1. The molecule has 1 atom stereocenters. The molecule has 7 heteroatoms. The van der Waals surface area contributed by atoms with Gasteiger partial charge in [0, 0.05) is 16.5 Å². The predicted octanol–water partition coefficient (Wildman–Crippen LogP) is 3.61. The smallest absolute Gasteiger partial charge is 0.310 e. The molecule has 3 rings (SSSR count). The highest BCUT2D eigenvalue weighted by Gasteiger charge is 2.17. The van der Waals surface area contributed by atoms with Crippen LogP contribution in [0.1, 0.15) is 41.6 Å². The molecule has 1 amide bonds. The number of hydrogen-bond donors (Lipinski definition) is 1. The fourth-order valence-corrected chi connectivity index (χ4v) is 3.06. The Morgan fingerprint density at radius 3 is 2.57 bits per heavy atom. The lowest BCUT2D eigenvalue weighted by Gasteiger charge is -2.12. The predicted molar refractivity (Wildman–Crippen MR) is 110 cm³/mol. The van der Waals surface area contributed by atoms with E-state index in [1.807, 2.05) is 30.3 Å². The van der Waals surface area contributed by atoms with Crippen molar-refractivity contribution >= 4 is 28.6 Å². The number of hydrogen-bond acceptors (Lipinski definition) is 6. The van der Waals surface area contributed by atoms with Crippen molar-refractivity contribution < 1.29 is 28.3 Å². The van der Waals surface area contributed by atoms with Crippen molar-refractivity contribution in [2.75, 3.05) is 13.7 Å². The van der Waals surface area contributed by atoms with Crippen molar-refractivity contribution in [1.82, 2.24) is 5.32 Å². The summed E-state index contributed by atoms with van der Waals surface area (Å²) in [7, 11) is 1.48. The van der Waals surface area contributed by atoms with Gasteiger partial charge in [-0.15, -0.1) is 0 Å². The van der Waals surface area contributed by atoms with Crippen LogP contribution in [0, 0.1) is 0 Å². The molecule has 1 N–H and O–H groups in total. The summed E-state index contributed by atoms with van der Waals surface area (Å²) < 4.78 is 16.0. The monoisotopic (exact) mass is 409 g/mol. The van der Waals surface area contributed by atoms with E-state index in [1.165, 1.54) is 14.0 Å². The lowest BCUT2D eigenvalue weighted by Crippen LogP contribution is -2.31. The minimum absolute atomic E-state index is 0.114. The molecule has 0 saturated heterocycles. The number of nitrogens with one attached hydrogen (secondary N) is 1. The number of Topliss-reactive ketones (excluding diaryl/α,β-unsaturated/α-hetero) is 1. The van der Waals surface area contributed by atoms with Crippen LogP contribution in [0.4, 0.5) is 0 Å². The number of benzene rings is 2. The number of furan rings is 1. The van der Waals surface area contributed by atoms with Gasteiger partial charge in [0.15, 0.2) is 12.4 Å². The van der Waals surface area contributed by atoms with E-state index < -0.39 is 18.5 Å². The van der Waals surface area contributed by atoms with Crippen molar-refractivity contribution in [3.05, 3.63) is 65.4 Å². The second-order valence-corrected chi connectivity index (χ2v) is 6.90. The largest absolute Gasteiger partial charge is 0.496 e. The van der Waals surface area contributed by atoms with E-state index >= 15 is 0 Å². The van der Waals surface area contributed by atoms with Gasteiger partial charge in [-0.2, -0.15) is 0 Å². The van der Waals surface area contributed by atoms with Crippen LogP contribution in [0.3, 0.4) is 0 Å². The van der Waals surface area contributed by atoms with Crippen LogP contribution in [0.25, 0.3) is 11.0 Å². The van der Waals surface area contributed by atoms with Crippen molar-refractivity contribution in [3.63, 3.8) is 0 Å². The standard InChI is InChI=1S/C23H23NO6/c1-14(21-11-17-6-4-5-7-20(17)30-21)24-22(26)13-29-23(27)12-18-10-16(15(2)25)8-9-19(18)28-3/h4-11,14H,12-13H2,1-3H3,(H,24,26)/t14-/m1/s1. The van der Waals surface area contributed by atoms with Gasteiger partial charge >= 0.3 is 5.97 Å². The van der Waals surface area contributed by atoms with Crippen LogP contribution in [-0.2, 0) is 20.7 Å². The zero-order valence-corrected chi connectivity index (χ0v) is 17.1. The van der Waals surface area contributed by atoms with Crippen molar-refractivity contribution in [1.29, 1.82) is 0 Å².